The van der Waals surface area contributed by atoms with Crippen LogP contribution in [0.25, 0.3) is 0 Å². The third kappa shape index (κ3) is 6.17. The predicted octanol–water partition coefficient (Wildman–Crippen LogP) is 3.06. The summed E-state index contributed by atoms with van der Waals surface area (Å²) in [6, 6.07) is 9.50. The number of carbonyl (C=O) groups is 1. The monoisotopic (exact) mass is 482 g/mol. The van der Waals surface area contributed by atoms with Gasteiger partial charge in [0.1, 0.15) is 18.0 Å². The smallest absolute Gasteiger partial charge is 0.242 e. The number of hydrogen-bond acceptors (Lipinski definition) is 5. The molecule has 3 rings (SSSR count). The summed E-state index contributed by atoms with van der Waals surface area (Å²) in [5.74, 6) is -1.08. The molecule has 0 aromatic heterocycles. The average Bonchev–Trinajstić information content (AvgIpc) is 3.25. The van der Waals surface area contributed by atoms with E-state index in [1.807, 2.05) is 0 Å². The number of halogens is 2. The second-order valence-corrected chi connectivity index (χ2v) is 7.39. The van der Waals surface area contributed by atoms with Crippen molar-refractivity contribution in [3.05, 3.63) is 59.4 Å². The molecular weight excluding hydrogens is 455 g/mol. The van der Waals surface area contributed by atoms with E-state index in [0.29, 0.717) is 38.0 Å². The minimum absolute atomic E-state index is 0. The van der Waals surface area contributed by atoms with Gasteiger partial charge in [0.05, 0.1) is 0 Å². The summed E-state index contributed by atoms with van der Waals surface area (Å²) in [5, 5.41) is 33.2. The van der Waals surface area contributed by atoms with Crippen molar-refractivity contribution in [2.24, 2.45) is 0 Å². The van der Waals surface area contributed by atoms with Gasteiger partial charge in [-0.3, -0.25) is 4.79 Å². The number of phenols is 2. The van der Waals surface area contributed by atoms with E-state index in [0.717, 1.165) is 18.4 Å². The van der Waals surface area contributed by atoms with Crippen LogP contribution in [0.2, 0.25) is 0 Å². The van der Waals surface area contributed by atoms with Crippen LogP contribution in [0.5, 0.6) is 11.5 Å². The fourth-order valence-electron chi connectivity index (χ4n) is 3.59. The number of amides is 1. The molecule has 0 radical (unpaired) electrons. The number of aryl methyl sites for hydroxylation is 1. The molecule has 2 atom stereocenters. The maximum atomic E-state index is 13.0. The van der Waals surface area contributed by atoms with Crippen molar-refractivity contribution in [2.45, 2.75) is 37.8 Å². The van der Waals surface area contributed by atoms with Gasteiger partial charge in [0, 0.05) is 13.1 Å². The number of aliphatic hydroxyl groups excluding tert-OH is 1. The molecule has 1 aliphatic heterocycles. The molecule has 30 heavy (non-hydrogen) atoms. The molecule has 2 aromatic carbocycles. The van der Waals surface area contributed by atoms with E-state index in [2.05, 4.69) is 5.32 Å². The predicted molar refractivity (Wildman–Crippen MR) is 117 cm³/mol. The summed E-state index contributed by atoms with van der Waals surface area (Å²) in [7, 11) is 0. The van der Waals surface area contributed by atoms with Crippen molar-refractivity contribution < 1.29 is 24.5 Å². The summed E-state index contributed by atoms with van der Waals surface area (Å²) in [4.78, 5) is 14.7. The van der Waals surface area contributed by atoms with Gasteiger partial charge in [0.25, 0.3) is 0 Å². The van der Waals surface area contributed by atoms with E-state index in [1.165, 1.54) is 30.3 Å². The van der Waals surface area contributed by atoms with Crippen molar-refractivity contribution in [1.29, 1.82) is 0 Å². The minimum atomic E-state index is -1.17. The van der Waals surface area contributed by atoms with Gasteiger partial charge >= 0.3 is 0 Å². The zero-order chi connectivity index (χ0) is 20.8. The van der Waals surface area contributed by atoms with Crippen LogP contribution in [0.3, 0.4) is 0 Å². The van der Waals surface area contributed by atoms with Crippen LogP contribution in [0.1, 0.15) is 36.5 Å². The Kier molecular flexibility index (Phi) is 9.08. The Labute approximate surface area is 186 Å². The third-order valence-electron chi connectivity index (χ3n) is 5.26. The zero-order valence-electron chi connectivity index (χ0n) is 16.6. The van der Waals surface area contributed by atoms with Crippen LogP contribution < -0.4 is 5.32 Å². The molecule has 0 saturated carbocycles. The van der Waals surface area contributed by atoms with E-state index in [1.54, 1.807) is 17.0 Å². The second kappa shape index (κ2) is 11.3. The van der Waals surface area contributed by atoms with Crippen LogP contribution in [-0.2, 0) is 11.2 Å². The topological polar surface area (TPSA) is 93.0 Å². The van der Waals surface area contributed by atoms with Gasteiger partial charge in [-0.1, -0.05) is 18.2 Å². The number of benzene rings is 2. The van der Waals surface area contributed by atoms with Crippen LogP contribution >= 0.6 is 17.0 Å². The lowest BCUT2D eigenvalue weighted by atomic mass is 10.00. The van der Waals surface area contributed by atoms with E-state index in [-0.39, 0.29) is 40.2 Å². The highest BCUT2D eigenvalue weighted by atomic mass is 79.9. The van der Waals surface area contributed by atoms with Crippen molar-refractivity contribution in [3.8, 4) is 11.5 Å². The number of aliphatic hydroxyl groups is 1. The molecule has 0 bridgehead atoms. The summed E-state index contributed by atoms with van der Waals surface area (Å²) < 4.78 is 13.0. The summed E-state index contributed by atoms with van der Waals surface area (Å²) in [5.41, 5.74) is 1.35. The fraction of sp³-hybridized carbons (Fsp3) is 0.409. The first-order valence-electron chi connectivity index (χ1n) is 9.92. The second-order valence-electron chi connectivity index (χ2n) is 7.39. The van der Waals surface area contributed by atoms with Gasteiger partial charge < -0.3 is 25.5 Å². The van der Waals surface area contributed by atoms with Crippen LogP contribution in [-0.4, -0.2) is 51.8 Å². The van der Waals surface area contributed by atoms with Gasteiger partial charge in [0.2, 0.25) is 5.91 Å². The van der Waals surface area contributed by atoms with E-state index >= 15 is 0 Å². The number of aromatic hydroxyl groups is 2. The van der Waals surface area contributed by atoms with Crippen LogP contribution in [0, 0.1) is 5.82 Å². The lowest BCUT2D eigenvalue weighted by Gasteiger charge is -2.28. The maximum Gasteiger partial charge on any atom is 0.242 e. The molecule has 1 amide bonds. The molecular formula is C22H28BrFN2O4. The molecule has 2 unspecified atom stereocenters. The van der Waals surface area contributed by atoms with Crippen molar-refractivity contribution in [2.75, 3.05) is 19.6 Å². The first-order chi connectivity index (χ1) is 14.0. The van der Waals surface area contributed by atoms with Gasteiger partial charge in [-0.25, -0.2) is 4.39 Å². The minimum Gasteiger partial charge on any atom is -0.504 e. The van der Waals surface area contributed by atoms with Gasteiger partial charge in [-0.05, 0) is 67.6 Å². The number of carbonyl (C=O) groups excluding carboxylic acids is 1. The van der Waals surface area contributed by atoms with Crippen LogP contribution in [0.4, 0.5) is 4.39 Å². The summed E-state index contributed by atoms with van der Waals surface area (Å²) in [6.45, 7) is 1.82. The quantitative estimate of drug-likeness (QED) is 0.342. The summed E-state index contributed by atoms with van der Waals surface area (Å²) >= 11 is 0. The largest absolute Gasteiger partial charge is 0.504 e. The maximum absolute atomic E-state index is 13.0. The highest BCUT2D eigenvalue weighted by Crippen LogP contribution is 2.29. The number of rotatable bonds is 8. The number of nitrogens with one attached hydrogen (secondary N) is 1. The van der Waals surface area contributed by atoms with E-state index in [4.69, 9.17) is 0 Å². The number of likely N-dealkylation sites (tertiary alicyclic amines) is 1. The third-order valence-corrected chi connectivity index (χ3v) is 5.26. The fourth-order valence-corrected chi connectivity index (χ4v) is 3.59. The molecule has 1 saturated heterocycles. The van der Waals surface area contributed by atoms with Crippen LogP contribution in [0.15, 0.2) is 42.5 Å². The number of nitrogens with zero attached hydrogens (tertiary/aromatic N) is 1. The molecule has 8 heteroatoms. The molecule has 2 aromatic rings. The van der Waals surface area contributed by atoms with E-state index < -0.39 is 12.1 Å². The molecule has 0 aliphatic carbocycles. The van der Waals surface area contributed by atoms with Gasteiger partial charge in [-0.2, -0.15) is 0 Å². The Balaban J connectivity index is 0.00000320. The average molecular weight is 483 g/mol. The Morgan fingerprint density at radius 2 is 1.73 bits per heavy atom. The van der Waals surface area contributed by atoms with Gasteiger partial charge in [0.15, 0.2) is 11.5 Å². The molecule has 1 heterocycles. The molecule has 4 N–H and O–H groups in total. The summed E-state index contributed by atoms with van der Waals surface area (Å²) in [6.07, 6.45) is 2.15. The molecule has 0 spiro atoms. The van der Waals surface area contributed by atoms with Crippen molar-refractivity contribution in [1.82, 2.24) is 10.2 Å². The number of phenolic OH excluding ortho intramolecular Hbond substituents is 2. The zero-order valence-corrected chi connectivity index (χ0v) is 18.3. The standard InChI is InChI=1S/C22H27FN2O4.BrH/c23-17-8-5-15(6-9-17)4-3-11-24-20(22(29)25-12-1-2-13-25)21(28)16-7-10-18(26)19(27)14-16;/h5-10,14,20-21,24,26-28H,1-4,11-13H2;1H. The molecule has 1 aliphatic rings. The lowest BCUT2D eigenvalue weighted by Crippen LogP contribution is -2.49. The Hall–Kier alpha value is -2.16. The highest BCUT2D eigenvalue weighted by molar-refractivity contribution is 8.93. The van der Waals surface area contributed by atoms with E-state index in [9.17, 15) is 24.5 Å². The lowest BCUT2D eigenvalue weighted by molar-refractivity contribution is -0.135. The van der Waals surface area contributed by atoms with Crippen molar-refractivity contribution in [3.63, 3.8) is 0 Å². The van der Waals surface area contributed by atoms with Gasteiger partial charge in [-0.15, -0.1) is 17.0 Å². The first kappa shape index (κ1) is 24.1. The Bertz CT molecular complexity index is 828. The molecule has 164 valence electrons. The highest BCUT2D eigenvalue weighted by Gasteiger charge is 2.32. The SMILES string of the molecule is Br.O=C(C(NCCCc1ccc(F)cc1)C(O)c1ccc(O)c(O)c1)N1CCCC1. The Morgan fingerprint density at radius 3 is 2.37 bits per heavy atom. The number of hydrogen-bond donors (Lipinski definition) is 4. The van der Waals surface area contributed by atoms with Crippen molar-refractivity contribution >= 4 is 22.9 Å². The molecule has 1 fully saturated rings. The first-order valence-corrected chi connectivity index (χ1v) is 9.92. The molecule has 6 nitrogen and oxygen atoms in total. The Morgan fingerprint density at radius 1 is 1.07 bits per heavy atom. The normalized spacial score (nSPS) is 15.5.